The molecule has 128 valence electrons. The van der Waals surface area contributed by atoms with Gasteiger partial charge in [-0.2, -0.15) is 0 Å². The number of benzene rings is 2. The van der Waals surface area contributed by atoms with Gasteiger partial charge in [-0.1, -0.05) is 40.6 Å². The summed E-state index contributed by atoms with van der Waals surface area (Å²) < 4.78 is 5.26. The van der Waals surface area contributed by atoms with Gasteiger partial charge in [0.25, 0.3) is 0 Å². The van der Waals surface area contributed by atoms with E-state index in [4.69, 9.17) is 4.42 Å². The van der Waals surface area contributed by atoms with Crippen LogP contribution in [0.2, 0.25) is 0 Å². The molecule has 1 N–H and O–H groups in total. The minimum absolute atomic E-state index is 0.0242. The number of aliphatic imine (C=N–C) groups is 1. The van der Waals surface area contributed by atoms with Gasteiger partial charge >= 0.3 is 5.63 Å². The highest BCUT2D eigenvalue weighted by Gasteiger charge is 2.09. The van der Waals surface area contributed by atoms with Crippen molar-refractivity contribution in [2.45, 2.75) is 18.2 Å². The van der Waals surface area contributed by atoms with Crippen LogP contribution < -0.4 is 5.63 Å². The minimum atomic E-state index is -0.459. The second-order valence-electron chi connectivity index (χ2n) is 5.30. The lowest BCUT2D eigenvalue weighted by Gasteiger charge is -2.05. The van der Waals surface area contributed by atoms with E-state index in [0.29, 0.717) is 11.1 Å². The summed E-state index contributed by atoms with van der Waals surface area (Å²) in [5.74, 6) is 1.09. The minimum Gasteiger partial charge on any atom is -0.507 e. The van der Waals surface area contributed by atoms with Crippen molar-refractivity contribution in [1.82, 2.24) is 0 Å². The summed E-state index contributed by atoms with van der Waals surface area (Å²) in [6, 6.07) is 14.1. The maximum Gasteiger partial charge on any atom is 0.336 e. The third-order valence-electron chi connectivity index (χ3n) is 3.44. The normalized spacial score (nSPS) is 11.4. The lowest BCUT2D eigenvalue weighted by molar-refractivity contribution is 0.472. The smallest absolute Gasteiger partial charge is 0.336 e. The fourth-order valence-electron chi connectivity index (χ4n) is 2.23. The van der Waals surface area contributed by atoms with Crippen LogP contribution in [-0.4, -0.2) is 17.1 Å². The molecule has 0 spiro atoms. The van der Waals surface area contributed by atoms with Gasteiger partial charge in [-0.15, -0.1) is 0 Å². The van der Waals surface area contributed by atoms with Crippen LogP contribution in [0.4, 0.5) is 5.69 Å². The average molecular weight is 371 g/mol. The van der Waals surface area contributed by atoms with Gasteiger partial charge in [-0.25, -0.2) is 4.79 Å². The van der Waals surface area contributed by atoms with Crippen molar-refractivity contribution < 1.29 is 9.52 Å². The maximum atomic E-state index is 11.5. The zero-order chi connectivity index (χ0) is 17.6. The second kappa shape index (κ2) is 8.27. The van der Waals surface area contributed by atoms with Gasteiger partial charge in [-0.05, 0) is 36.8 Å². The van der Waals surface area contributed by atoms with Crippen molar-refractivity contribution in [2.75, 3.05) is 5.75 Å². The lowest BCUT2D eigenvalue weighted by Crippen LogP contribution is -1.97. The van der Waals surface area contributed by atoms with Crippen LogP contribution in [0.5, 0.6) is 5.75 Å². The third-order valence-corrected chi connectivity index (χ3v) is 6.05. The summed E-state index contributed by atoms with van der Waals surface area (Å²) >= 11 is 0. The van der Waals surface area contributed by atoms with E-state index in [1.807, 2.05) is 24.3 Å². The van der Waals surface area contributed by atoms with E-state index in [0.717, 1.165) is 28.1 Å². The molecule has 6 heteroatoms. The van der Waals surface area contributed by atoms with Gasteiger partial charge in [0.1, 0.15) is 5.75 Å². The largest absolute Gasteiger partial charge is 0.507 e. The van der Waals surface area contributed by atoms with E-state index in [1.165, 1.54) is 6.07 Å². The first-order valence-electron chi connectivity index (χ1n) is 7.87. The number of phenolic OH excluding ortho intramolecular Hbond substituents is 1. The Bertz CT molecular complexity index is 966. The van der Waals surface area contributed by atoms with Crippen molar-refractivity contribution in [3.8, 4) is 5.75 Å². The summed E-state index contributed by atoms with van der Waals surface area (Å²) in [6.07, 6.45) is 2.66. The van der Waals surface area contributed by atoms with Crippen LogP contribution in [0.25, 0.3) is 11.0 Å². The Hall–Kier alpha value is -2.18. The van der Waals surface area contributed by atoms with Gasteiger partial charge in [-0.3, -0.25) is 4.99 Å². The highest BCUT2D eigenvalue weighted by atomic mass is 33.1. The molecular weight excluding hydrogens is 354 g/mol. The molecule has 1 aromatic heterocycles. The number of nitrogens with zero attached hydrogens (tertiary/aromatic N) is 1. The number of rotatable bonds is 6. The van der Waals surface area contributed by atoms with Crippen molar-refractivity contribution in [1.29, 1.82) is 0 Å². The zero-order valence-electron chi connectivity index (χ0n) is 13.6. The Kier molecular flexibility index (Phi) is 5.83. The first-order valence-corrected chi connectivity index (χ1v) is 10.2. The Morgan fingerprint density at radius 3 is 2.80 bits per heavy atom. The van der Waals surface area contributed by atoms with Crippen molar-refractivity contribution in [3.05, 3.63) is 64.5 Å². The number of aromatic hydroxyl groups is 1. The van der Waals surface area contributed by atoms with Crippen LogP contribution >= 0.6 is 21.6 Å². The molecule has 0 radical (unpaired) electrons. The molecule has 0 fully saturated rings. The number of para-hydroxylation sites is 1. The SMILES string of the molecule is CCCSSc1ccccc1N=Cc1c(O)ccc2ccc(=O)oc12. The molecule has 0 saturated heterocycles. The average Bonchev–Trinajstić information content (AvgIpc) is 2.62. The molecule has 3 rings (SSSR count). The van der Waals surface area contributed by atoms with Crippen LogP contribution in [0.3, 0.4) is 0 Å². The third kappa shape index (κ3) is 4.27. The van der Waals surface area contributed by atoms with E-state index >= 15 is 0 Å². The molecule has 25 heavy (non-hydrogen) atoms. The van der Waals surface area contributed by atoms with Gasteiger partial charge < -0.3 is 9.52 Å². The summed E-state index contributed by atoms with van der Waals surface area (Å²) in [7, 11) is 3.47. The molecule has 0 bridgehead atoms. The Morgan fingerprint density at radius 1 is 1.16 bits per heavy atom. The van der Waals surface area contributed by atoms with E-state index in [9.17, 15) is 9.90 Å². The second-order valence-corrected chi connectivity index (χ2v) is 7.76. The van der Waals surface area contributed by atoms with Crippen molar-refractivity contribution in [3.63, 3.8) is 0 Å². The van der Waals surface area contributed by atoms with Crippen LogP contribution in [0.15, 0.2) is 67.6 Å². The first-order chi connectivity index (χ1) is 12.2. The van der Waals surface area contributed by atoms with Crippen LogP contribution in [0.1, 0.15) is 18.9 Å². The summed E-state index contributed by atoms with van der Waals surface area (Å²) in [4.78, 5) is 17.1. The first kappa shape index (κ1) is 17.6. The summed E-state index contributed by atoms with van der Waals surface area (Å²) in [5.41, 5.74) is 1.09. The number of hydrogen-bond acceptors (Lipinski definition) is 6. The molecule has 0 aliphatic rings. The van der Waals surface area contributed by atoms with Crippen molar-refractivity contribution >= 4 is 44.5 Å². The predicted octanol–water partition coefficient (Wildman–Crippen LogP) is 5.40. The number of fused-ring (bicyclic) bond motifs is 1. The topological polar surface area (TPSA) is 62.8 Å². The molecule has 0 aliphatic carbocycles. The van der Waals surface area contributed by atoms with Gasteiger partial charge in [0.15, 0.2) is 5.58 Å². The standard InChI is InChI=1S/C19H17NO3S2/c1-2-11-24-25-17-6-4-3-5-15(17)20-12-14-16(21)9-7-13-8-10-18(22)23-19(13)14/h3-10,12,21H,2,11H2,1H3. The summed E-state index contributed by atoms with van der Waals surface area (Å²) in [5, 5.41) is 10.9. The van der Waals surface area contributed by atoms with Crippen LogP contribution in [0, 0.1) is 0 Å². The number of phenols is 1. The maximum absolute atomic E-state index is 11.5. The highest BCUT2D eigenvalue weighted by Crippen LogP contribution is 2.38. The van der Waals surface area contributed by atoms with Gasteiger partial charge in [0.05, 0.1) is 11.3 Å². The Labute approximate surface area is 153 Å². The molecule has 0 amide bonds. The molecule has 2 aromatic carbocycles. The predicted molar refractivity (Wildman–Crippen MR) is 106 cm³/mol. The Morgan fingerprint density at radius 2 is 1.96 bits per heavy atom. The van der Waals surface area contributed by atoms with E-state index in [-0.39, 0.29) is 5.75 Å². The fourth-order valence-corrected chi connectivity index (χ4v) is 4.50. The molecule has 4 nitrogen and oxygen atoms in total. The molecule has 0 saturated carbocycles. The van der Waals surface area contributed by atoms with E-state index < -0.39 is 5.63 Å². The van der Waals surface area contributed by atoms with Crippen molar-refractivity contribution in [2.24, 2.45) is 4.99 Å². The van der Waals surface area contributed by atoms with Gasteiger partial charge in [0.2, 0.25) is 0 Å². The molecule has 1 heterocycles. The fraction of sp³-hybridized carbons (Fsp3) is 0.158. The van der Waals surface area contributed by atoms with E-state index in [1.54, 1.807) is 46.0 Å². The molecule has 0 atom stereocenters. The Balaban J connectivity index is 1.98. The zero-order valence-corrected chi connectivity index (χ0v) is 15.3. The monoisotopic (exact) mass is 371 g/mol. The molecule has 0 unspecified atom stereocenters. The summed E-state index contributed by atoms with van der Waals surface area (Å²) in [6.45, 7) is 2.15. The van der Waals surface area contributed by atoms with E-state index in [2.05, 4.69) is 11.9 Å². The quantitative estimate of drug-likeness (QED) is 0.272. The highest BCUT2D eigenvalue weighted by molar-refractivity contribution is 8.76. The molecule has 0 aliphatic heterocycles. The molecule has 3 aromatic rings. The lowest BCUT2D eigenvalue weighted by atomic mass is 10.1. The number of hydrogen-bond donors (Lipinski definition) is 1. The molecular formula is C19H17NO3S2. The van der Waals surface area contributed by atoms with Gasteiger partial charge in [0, 0.05) is 28.3 Å². The van der Waals surface area contributed by atoms with Crippen LogP contribution in [-0.2, 0) is 0 Å².